The van der Waals surface area contributed by atoms with E-state index in [1.165, 1.54) is 7.11 Å². The summed E-state index contributed by atoms with van der Waals surface area (Å²) in [4.78, 5) is 27.0. The van der Waals surface area contributed by atoms with Gasteiger partial charge in [-0.2, -0.15) is 5.10 Å². The lowest BCUT2D eigenvalue weighted by atomic mass is 10.1. The molecule has 3 atom stereocenters. The van der Waals surface area contributed by atoms with E-state index in [0.29, 0.717) is 32.7 Å². The summed E-state index contributed by atoms with van der Waals surface area (Å²) in [7, 11) is 2.99. The summed E-state index contributed by atoms with van der Waals surface area (Å²) < 4.78 is 17.9. The van der Waals surface area contributed by atoms with Crippen molar-refractivity contribution in [3.05, 3.63) is 47.8 Å². The number of nitrogens with zero attached hydrogens (tertiary/aromatic N) is 3. The Hall–Kier alpha value is -2.95. The van der Waals surface area contributed by atoms with Crippen LogP contribution >= 0.6 is 0 Å². The Morgan fingerprint density at radius 1 is 1.25 bits per heavy atom. The molecule has 0 radical (unpaired) electrons. The molecule has 36 heavy (non-hydrogen) atoms. The van der Waals surface area contributed by atoms with Crippen LogP contribution < -0.4 is 10.6 Å². The molecule has 1 aliphatic heterocycles. The number of aryl methyl sites for hydroxylation is 1. The van der Waals surface area contributed by atoms with Crippen LogP contribution in [0, 0.1) is 0 Å². The third-order valence-corrected chi connectivity index (χ3v) is 6.59. The zero-order valence-electron chi connectivity index (χ0n) is 21.3. The average molecular weight is 500 g/mol. The van der Waals surface area contributed by atoms with Gasteiger partial charge in [-0.25, -0.2) is 9.48 Å². The highest BCUT2D eigenvalue weighted by atomic mass is 16.5. The van der Waals surface area contributed by atoms with Gasteiger partial charge in [-0.3, -0.25) is 4.79 Å². The first-order chi connectivity index (χ1) is 17.5. The van der Waals surface area contributed by atoms with Crippen LogP contribution in [0.1, 0.15) is 43.6 Å². The fraction of sp³-hybridized carbons (Fsp3) is 0.577. The SMILES string of the molecule is COC[C@@H]1CNC[C@H](C(=O)N(C2CC2)[C@H](C)c2cc(CCCNC(=O)OC)n(-c3ccccc3)n2)O1. The fourth-order valence-electron chi connectivity index (χ4n) is 4.63. The number of methoxy groups -OCH3 is 2. The minimum absolute atomic E-state index is 0.00334. The minimum Gasteiger partial charge on any atom is -0.453 e. The van der Waals surface area contributed by atoms with E-state index >= 15 is 0 Å². The first kappa shape index (κ1) is 26.1. The summed E-state index contributed by atoms with van der Waals surface area (Å²) in [6.45, 7) is 4.15. The van der Waals surface area contributed by atoms with E-state index in [1.54, 1.807) is 7.11 Å². The lowest BCUT2D eigenvalue weighted by Gasteiger charge is -2.36. The normalized spacial score (nSPS) is 20.5. The van der Waals surface area contributed by atoms with E-state index in [2.05, 4.69) is 21.4 Å². The van der Waals surface area contributed by atoms with Crippen molar-refractivity contribution in [2.24, 2.45) is 0 Å². The van der Waals surface area contributed by atoms with Crippen LogP contribution in [0.15, 0.2) is 36.4 Å². The van der Waals surface area contributed by atoms with Gasteiger partial charge >= 0.3 is 6.09 Å². The van der Waals surface area contributed by atoms with Crippen molar-refractivity contribution in [3.8, 4) is 5.69 Å². The molecule has 4 rings (SSSR count). The second kappa shape index (κ2) is 12.3. The van der Waals surface area contributed by atoms with Gasteiger partial charge in [0.1, 0.15) is 6.10 Å². The third kappa shape index (κ3) is 6.43. The molecule has 10 nitrogen and oxygen atoms in total. The Balaban J connectivity index is 1.53. The maximum Gasteiger partial charge on any atom is 0.406 e. The number of ether oxygens (including phenoxy) is 3. The highest BCUT2D eigenvalue weighted by Gasteiger charge is 2.41. The van der Waals surface area contributed by atoms with E-state index in [-0.39, 0.29) is 24.1 Å². The number of benzene rings is 1. The molecule has 1 aromatic carbocycles. The summed E-state index contributed by atoms with van der Waals surface area (Å²) in [5.74, 6) is -0.00334. The fourth-order valence-corrected chi connectivity index (χ4v) is 4.63. The average Bonchev–Trinajstić information content (AvgIpc) is 3.64. The van der Waals surface area contributed by atoms with Crippen LogP contribution in [-0.2, 0) is 25.4 Å². The van der Waals surface area contributed by atoms with Gasteiger partial charge in [-0.05, 0) is 50.8 Å². The molecule has 0 unspecified atom stereocenters. The molecule has 196 valence electrons. The number of aromatic nitrogens is 2. The highest BCUT2D eigenvalue weighted by Crippen LogP contribution is 2.35. The first-order valence-corrected chi connectivity index (χ1v) is 12.6. The molecule has 2 N–H and O–H groups in total. The number of carbonyl (C=O) groups excluding carboxylic acids is 2. The number of rotatable bonds is 11. The molecule has 0 spiro atoms. The predicted octanol–water partition coefficient (Wildman–Crippen LogP) is 2.22. The van der Waals surface area contributed by atoms with E-state index in [4.69, 9.17) is 14.6 Å². The number of carbonyl (C=O) groups is 2. The molecular weight excluding hydrogens is 462 g/mol. The summed E-state index contributed by atoms with van der Waals surface area (Å²) >= 11 is 0. The molecule has 1 saturated heterocycles. The Morgan fingerprint density at radius 3 is 2.72 bits per heavy atom. The molecule has 2 heterocycles. The zero-order chi connectivity index (χ0) is 25.5. The second-order valence-electron chi connectivity index (χ2n) is 9.34. The van der Waals surface area contributed by atoms with Crippen molar-refractivity contribution in [2.75, 3.05) is 40.5 Å². The molecule has 2 amide bonds. The maximum atomic E-state index is 13.6. The molecule has 1 aliphatic carbocycles. The van der Waals surface area contributed by atoms with Crippen LogP contribution in [0.5, 0.6) is 0 Å². The molecule has 2 aliphatic rings. The molecule has 1 saturated carbocycles. The van der Waals surface area contributed by atoms with Crippen molar-refractivity contribution >= 4 is 12.0 Å². The maximum absolute atomic E-state index is 13.6. The highest BCUT2D eigenvalue weighted by molar-refractivity contribution is 5.82. The van der Waals surface area contributed by atoms with Gasteiger partial charge in [-0.15, -0.1) is 0 Å². The van der Waals surface area contributed by atoms with Crippen molar-refractivity contribution in [2.45, 2.75) is 56.9 Å². The van der Waals surface area contributed by atoms with Crippen LogP contribution in [0.25, 0.3) is 5.69 Å². The standard InChI is InChI=1S/C26H37N5O5/c1-18(30(19-11-12-19)25(32)24-16-27-15-22(36-24)17-34-2)23-14-21(10-7-13-28-26(33)35-3)31(29-23)20-8-5-4-6-9-20/h4-6,8-9,14,18-19,22,24,27H,7,10-13,15-17H2,1-3H3,(H,28,33)/t18-,22+,24-/m1/s1. The van der Waals surface area contributed by atoms with E-state index < -0.39 is 12.2 Å². The topological polar surface area (TPSA) is 107 Å². The lowest BCUT2D eigenvalue weighted by molar-refractivity contribution is -0.156. The van der Waals surface area contributed by atoms with Crippen molar-refractivity contribution in [1.82, 2.24) is 25.3 Å². The van der Waals surface area contributed by atoms with Gasteiger partial charge in [0.05, 0.1) is 37.2 Å². The molecule has 0 bridgehead atoms. The van der Waals surface area contributed by atoms with Crippen LogP contribution in [0.3, 0.4) is 0 Å². The summed E-state index contributed by atoms with van der Waals surface area (Å²) in [6, 6.07) is 12.0. The van der Waals surface area contributed by atoms with Gasteiger partial charge in [0.15, 0.2) is 0 Å². The number of hydrogen-bond donors (Lipinski definition) is 2. The zero-order valence-corrected chi connectivity index (χ0v) is 21.3. The lowest BCUT2D eigenvalue weighted by Crippen LogP contribution is -2.54. The Labute approximate surface area is 212 Å². The van der Waals surface area contributed by atoms with Crippen molar-refractivity contribution < 1.29 is 23.8 Å². The van der Waals surface area contributed by atoms with Crippen molar-refractivity contribution in [3.63, 3.8) is 0 Å². The number of amides is 2. The number of para-hydroxylation sites is 1. The summed E-state index contributed by atoms with van der Waals surface area (Å²) in [5, 5.41) is 11.0. The Morgan fingerprint density at radius 2 is 2.03 bits per heavy atom. The number of alkyl carbamates (subject to hydrolysis) is 1. The van der Waals surface area contributed by atoms with E-state index in [9.17, 15) is 9.59 Å². The first-order valence-electron chi connectivity index (χ1n) is 12.6. The Bertz CT molecular complexity index is 1010. The van der Waals surface area contributed by atoms with Gasteiger partial charge in [0, 0.05) is 38.5 Å². The summed E-state index contributed by atoms with van der Waals surface area (Å²) in [5.41, 5.74) is 2.82. The molecule has 2 fully saturated rings. The number of hydrogen-bond acceptors (Lipinski definition) is 7. The van der Waals surface area contributed by atoms with Crippen molar-refractivity contribution in [1.29, 1.82) is 0 Å². The largest absolute Gasteiger partial charge is 0.453 e. The smallest absolute Gasteiger partial charge is 0.406 e. The van der Waals surface area contributed by atoms with Gasteiger partial charge in [0.2, 0.25) is 0 Å². The quantitative estimate of drug-likeness (QED) is 0.457. The van der Waals surface area contributed by atoms with Crippen LogP contribution in [0.4, 0.5) is 4.79 Å². The molecule has 10 heteroatoms. The third-order valence-electron chi connectivity index (χ3n) is 6.59. The van der Waals surface area contributed by atoms with Crippen LogP contribution in [0.2, 0.25) is 0 Å². The second-order valence-corrected chi connectivity index (χ2v) is 9.34. The molecule has 2 aromatic rings. The number of nitrogens with one attached hydrogen (secondary N) is 2. The van der Waals surface area contributed by atoms with Gasteiger partial charge in [0.25, 0.3) is 5.91 Å². The van der Waals surface area contributed by atoms with E-state index in [0.717, 1.165) is 36.3 Å². The van der Waals surface area contributed by atoms with E-state index in [1.807, 2.05) is 46.8 Å². The molecule has 1 aromatic heterocycles. The summed E-state index contributed by atoms with van der Waals surface area (Å²) in [6.07, 6.45) is 2.30. The predicted molar refractivity (Wildman–Crippen MR) is 134 cm³/mol. The van der Waals surface area contributed by atoms with Gasteiger partial charge < -0.3 is 29.7 Å². The monoisotopic (exact) mass is 499 g/mol. The van der Waals surface area contributed by atoms with Gasteiger partial charge in [-0.1, -0.05) is 18.2 Å². The Kier molecular flexibility index (Phi) is 8.95. The minimum atomic E-state index is -0.540. The molecular formula is C26H37N5O5. The number of morpholine rings is 1. The van der Waals surface area contributed by atoms with Crippen LogP contribution in [-0.4, -0.2) is 85.4 Å².